The molecule has 110 valence electrons. The summed E-state index contributed by atoms with van der Waals surface area (Å²) in [7, 11) is 0. The van der Waals surface area contributed by atoms with Gasteiger partial charge in [-0.05, 0) is 37.1 Å². The third-order valence-electron chi connectivity index (χ3n) is 3.40. The van der Waals surface area contributed by atoms with Crippen molar-refractivity contribution in [3.63, 3.8) is 0 Å². The summed E-state index contributed by atoms with van der Waals surface area (Å²) in [5.41, 5.74) is 1.55. The van der Waals surface area contributed by atoms with Crippen LogP contribution in [-0.4, -0.2) is 35.5 Å². The molecule has 4 nitrogen and oxygen atoms in total. The molecule has 0 radical (unpaired) electrons. The minimum atomic E-state index is -0.276. The summed E-state index contributed by atoms with van der Waals surface area (Å²) < 4.78 is 18.3. The maximum absolute atomic E-state index is 12.9. The highest BCUT2D eigenvalue weighted by molar-refractivity contribution is 7.11. The van der Waals surface area contributed by atoms with Crippen molar-refractivity contribution in [2.24, 2.45) is 0 Å². The molecule has 1 fully saturated rings. The predicted octanol–water partition coefficient (Wildman–Crippen LogP) is 2.95. The van der Waals surface area contributed by atoms with Gasteiger partial charge < -0.3 is 9.64 Å². The van der Waals surface area contributed by atoms with Crippen molar-refractivity contribution < 1.29 is 13.9 Å². The minimum Gasteiger partial charge on any atom is -0.460 e. The largest absolute Gasteiger partial charge is 0.460 e. The van der Waals surface area contributed by atoms with E-state index in [0.717, 1.165) is 37.2 Å². The predicted molar refractivity (Wildman–Crippen MR) is 78.8 cm³/mol. The third kappa shape index (κ3) is 3.39. The van der Waals surface area contributed by atoms with E-state index >= 15 is 0 Å². The molecule has 0 bridgehead atoms. The number of ether oxygens (including phenoxy) is 1. The van der Waals surface area contributed by atoms with Crippen LogP contribution in [0.25, 0.3) is 11.3 Å². The van der Waals surface area contributed by atoms with E-state index in [1.165, 1.54) is 23.5 Å². The molecule has 0 aliphatic carbocycles. The molecule has 1 aliphatic rings. The van der Waals surface area contributed by atoms with Crippen LogP contribution >= 0.6 is 11.3 Å². The molecule has 2 heterocycles. The Morgan fingerprint density at radius 3 is 2.71 bits per heavy atom. The Morgan fingerprint density at radius 2 is 2.00 bits per heavy atom. The molecule has 0 N–H and O–H groups in total. The van der Waals surface area contributed by atoms with E-state index in [2.05, 4.69) is 4.98 Å². The van der Waals surface area contributed by atoms with Crippen molar-refractivity contribution in [2.75, 3.05) is 19.7 Å². The number of hydrogen-bond acceptors (Lipinski definition) is 4. The van der Waals surface area contributed by atoms with Crippen LogP contribution in [0.5, 0.6) is 5.19 Å². The number of aromatic nitrogens is 1. The Labute approximate surface area is 126 Å². The van der Waals surface area contributed by atoms with Gasteiger partial charge in [-0.2, -0.15) is 0 Å². The van der Waals surface area contributed by atoms with Crippen LogP contribution < -0.4 is 4.74 Å². The lowest BCUT2D eigenvalue weighted by Gasteiger charge is -2.14. The van der Waals surface area contributed by atoms with Crippen LogP contribution in [0.4, 0.5) is 4.39 Å². The second kappa shape index (κ2) is 6.22. The van der Waals surface area contributed by atoms with Gasteiger partial charge in [0.05, 0.1) is 5.69 Å². The van der Waals surface area contributed by atoms with Crippen molar-refractivity contribution in [3.05, 3.63) is 35.5 Å². The Morgan fingerprint density at radius 1 is 1.29 bits per heavy atom. The topological polar surface area (TPSA) is 42.4 Å². The normalized spacial score (nSPS) is 14.4. The first-order valence-corrected chi connectivity index (χ1v) is 7.72. The van der Waals surface area contributed by atoms with Crippen LogP contribution in [0.1, 0.15) is 12.8 Å². The molecule has 0 atom stereocenters. The van der Waals surface area contributed by atoms with Gasteiger partial charge in [-0.25, -0.2) is 9.37 Å². The second-order valence-electron chi connectivity index (χ2n) is 4.88. The highest BCUT2D eigenvalue weighted by Gasteiger charge is 2.18. The summed E-state index contributed by atoms with van der Waals surface area (Å²) in [5.74, 6) is -0.271. The number of benzene rings is 1. The molecule has 3 rings (SSSR count). The lowest BCUT2D eigenvalue weighted by atomic mass is 10.2. The van der Waals surface area contributed by atoms with Gasteiger partial charge in [0, 0.05) is 24.0 Å². The number of rotatable bonds is 4. The van der Waals surface area contributed by atoms with E-state index < -0.39 is 0 Å². The Kier molecular flexibility index (Phi) is 4.15. The number of amides is 1. The van der Waals surface area contributed by atoms with Gasteiger partial charge in [0.15, 0.2) is 6.61 Å². The van der Waals surface area contributed by atoms with Gasteiger partial charge in [-0.15, -0.1) is 0 Å². The van der Waals surface area contributed by atoms with Gasteiger partial charge in [0.2, 0.25) is 0 Å². The third-order valence-corrected chi connectivity index (χ3v) is 4.15. The summed E-state index contributed by atoms with van der Waals surface area (Å²) >= 11 is 1.34. The van der Waals surface area contributed by atoms with E-state index in [1.807, 2.05) is 10.3 Å². The molecule has 1 amide bonds. The van der Waals surface area contributed by atoms with E-state index in [0.29, 0.717) is 5.19 Å². The fourth-order valence-electron chi connectivity index (χ4n) is 2.26. The first-order valence-electron chi connectivity index (χ1n) is 6.84. The van der Waals surface area contributed by atoms with E-state index in [-0.39, 0.29) is 18.3 Å². The smallest absolute Gasteiger partial charge is 0.274 e. The van der Waals surface area contributed by atoms with Crippen molar-refractivity contribution in [1.29, 1.82) is 0 Å². The molecule has 1 aromatic carbocycles. The van der Waals surface area contributed by atoms with E-state index in [4.69, 9.17) is 4.74 Å². The second-order valence-corrected chi connectivity index (χ2v) is 5.70. The number of carbonyl (C=O) groups is 1. The Balaban J connectivity index is 1.60. The molecular formula is C15H15FN2O2S. The van der Waals surface area contributed by atoms with E-state index in [9.17, 15) is 9.18 Å². The zero-order valence-electron chi connectivity index (χ0n) is 11.4. The van der Waals surface area contributed by atoms with Gasteiger partial charge in [-0.3, -0.25) is 4.79 Å². The van der Waals surface area contributed by atoms with Gasteiger partial charge >= 0.3 is 0 Å². The molecule has 0 spiro atoms. The zero-order chi connectivity index (χ0) is 14.7. The Bertz CT molecular complexity index is 621. The van der Waals surface area contributed by atoms with Crippen molar-refractivity contribution in [3.8, 4) is 16.5 Å². The highest BCUT2D eigenvalue weighted by atomic mass is 32.1. The number of likely N-dealkylation sites (tertiary alicyclic amines) is 1. The molecule has 1 aliphatic heterocycles. The number of halogens is 1. The van der Waals surface area contributed by atoms with Crippen LogP contribution in [0, 0.1) is 5.82 Å². The lowest BCUT2D eigenvalue weighted by molar-refractivity contribution is -0.132. The van der Waals surface area contributed by atoms with Crippen LogP contribution in [0.3, 0.4) is 0 Å². The number of thiazole rings is 1. The molecule has 0 unspecified atom stereocenters. The first-order chi connectivity index (χ1) is 10.2. The summed E-state index contributed by atoms with van der Waals surface area (Å²) in [6.07, 6.45) is 2.13. The first kappa shape index (κ1) is 14.0. The molecule has 1 aromatic heterocycles. The maximum atomic E-state index is 12.9. The fraction of sp³-hybridized carbons (Fsp3) is 0.333. The molecule has 2 aromatic rings. The Hall–Kier alpha value is -1.95. The molecule has 1 saturated heterocycles. The number of nitrogens with zero attached hydrogens (tertiary/aromatic N) is 2. The quantitative estimate of drug-likeness (QED) is 0.872. The number of carbonyl (C=O) groups excluding carboxylic acids is 1. The van der Waals surface area contributed by atoms with Crippen LogP contribution in [-0.2, 0) is 4.79 Å². The average Bonchev–Trinajstić information content (AvgIpc) is 3.17. The summed E-state index contributed by atoms with van der Waals surface area (Å²) in [4.78, 5) is 18.0. The average molecular weight is 306 g/mol. The molecule has 21 heavy (non-hydrogen) atoms. The van der Waals surface area contributed by atoms with Gasteiger partial charge in [0.1, 0.15) is 5.82 Å². The van der Waals surface area contributed by atoms with Crippen LogP contribution in [0.15, 0.2) is 29.6 Å². The van der Waals surface area contributed by atoms with E-state index in [1.54, 1.807) is 12.1 Å². The fourth-order valence-corrected chi connectivity index (χ4v) is 2.94. The standard InChI is InChI=1S/C15H15FN2O2S/c16-12-5-3-11(4-6-12)13-10-21-15(17-13)20-9-14(19)18-7-1-2-8-18/h3-6,10H,1-2,7-9H2. The molecular weight excluding hydrogens is 291 g/mol. The summed E-state index contributed by atoms with van der Waals surface area (Å²) in [6.45, 7) is 1.66. The number of hydrogen-bond donors (Lipinski definition) is 0. The van der Waals surface area contributed by atoms with Crippen LogP contribution in [0.2, 0.25) is 0 Å². The zero-order valence-corrected chi connectivity index (χ0v) is 12.2. The van der Waals surface area contributed by atoms with Crippen molar-refractivity contribution in [1.82, 2.24) is 9.88 Å². The highest BCUT2D eigenvalue weighted by Crippen LogP contribution is 2.26. The molecule has 0 saturated carbocycles. The monoisotopic (exact) mass is 306 g/mol. The van der Waals surface area contributed by atoms with Gasteiger partial charge in [0.25, 0.3) is 11.1 Å². The molecule has 6 heteroatoms. The summed E-state index contributed by atoms with van der Waals surface area (Å²) in [6, 6.07) is 6.13. The van der Waals surface area contributed by atoms with Crippen molar-refractivity contribution >= 4 is 17.2 Å². The van der Waals surface area contributed by atoms with Gasteiger partial charge in [-0.1, -0.05) is 11.3 Å². The summed E-state index contributed by atoms with van der Waals surface area (Å²) in [5, 5.41) is 2.30. The minimum absolute atomic E-state index is 0.00559. The lowest BCUT2D eigenvalue weighted by Crippen LogP contribution is -2.32. The SMILES string of the molecule is O=C(COc1nc(-c2ccc(F)cc2)cs1)N1CCCC1. The maximum Gasteiger partial charge on any atom is 0.274 e. The van der Waals surface area contributed by atoms with Crippen molar-refractivity contribution in [2.45, 2.75) is 12.8 Å².